The number of hydrogen-bond acceptors (Lipinski definition) is 6. The quantitative estimate of drug-likeness (QED) is 0.547. The minimum absolute atomic E-state index is 0.196. The van der Waals surface area contributed by atoms with Gasteiger partial charge in [-0.25, -0.2) is 4.79 Å². The van der Waals surface area contributed by atoms with Crippen LogP contribution in [0, 0.1) is 0 Å². The molecule has 1 aliphatic heterocycles. The fourth-order valence-corrected chi connectivity index (χ4v) is 2.25. The molecule has 1 aromatic rings. The Bertz CT molecular complexity index is 537. The van der Waals surface area contributed by atoms with E-state index in [4.69, 9.17) is 0 Å². The second-order valence-corrected chi connectivity index (χ2v) is 4.76. The highest BCUT2D eigenvalue weighted by molar-refractivity contribution is 7.88. The Hall–Kier alpha value is -1.80. The Morgan fingerprint density at radius 2 is 2.22 bits per heavy atom. The third-order valence-corrected chi connectivity index (χ3v) is 3.52. The van der Waals surface area contributed by atoms with E-state index in [2.05, 4.69) is 14.2 Å². The van der Waals surface area contributed by atoms with Gasteiger partial charge in [0, 0.05) is 19.3 Å². The summed E-state index contributed by atoms with van der Waals surface area (Å²) in [5, 5.41) is 4.00. The number of carbonyl (C=O) groups excluding carboxylic acids is 1. The summed E-state index contributed by atoms with van der Waals surface area (Å²) in [4.78, 5) is 11.6. The highest BCUT2D eigenvalue weighted by Crippen LogP contribution is 2.19. The van der Waals surface area contributed by atoms with Gasteiger partial charge >= 0.3 is 5.97 Å². The number of rotatable bonds is 2. The molecule has 18 heavy (non-hydrogen) atoms. The highest BCUT2D eigenvalue weighted by Gasteiger charge is 2.31. The second kappa shape index (κ2) is 4.83. The van der Waals surface area contributed by atoms with Crippen LogP contribution in [0.15, 0.2) is 28.4 Å². The fraction of sp³-hybridized carbons (Fsp3) is 0.300. The SMILES string of the molecule is COC(=O)C1=CC(c2ccnn2C)=N[S+]([O-])N1C. The van der Waals surface area contributed by atoms with Gasteiger partial charge in [-0.1, -0.05) is 0 Å². The van der Waals surface area contributed by atoms with Crippen molar-refractivity contribution in [1.82, 2.24) is 14.1 Å². The standard InChI is InChI=1S/C10H12N4O3S/c1-13-8(4-5-11-13)7-6-9(10(15)17-3)14(2)18(16)12-7/h4-6H,1-3H3. The summed E-state index contributed by atoms with van der Waals surface area (Å²) in [5.41, 5.74) is 1.31. The van der Waals surface area contributed by atoms with Crippen LogP contribution in [-0.2, 0) is 28.1 Å². The van der Waals surface area contributed by atoms with E-state index >= 15 is 0 Å². The molecule has 1 aliphatic rings. The predicted molar refractivity (Wildman–Crippen MR) is 65.7 cm³/mol. The zero-order valence-electron chi connectivity index (χ0n) is 10.2. The van der Waals surface area contributed by atoms with E-state index in [-0.39, 0.29) is 5.70 Å². The first-order chi connectivity index (χ1) is 8.54. The Labute approximate surface area is 107 Å². The van der Waals surface area contributed by atoms with Crippen molar-refractivity contribution in [3.8, 4) is 0 Å². The third-order valence-electron chi connectivity index (χ3n) is 2.50. The number of allylic oxidation sites excluding steroid dienone is 1. The molecule has 0 fully saturated rings. The lowest BCUT2D eigenvalue weighted by Crippen LogP contribution is -2.34. The maximum absolute atomic E-state index is 11.8. The first-order valence-electron chi connectivity index (χ1n) is 5.07. The largest absolute Gasteiger partial charge is 0.566 e. The molecule has 0 saturated heterocycles. The summed E-state index contributed by atoms with van der Waals surface area (Å²) >= 11 is -1.65. The normalized spacial score (nSPS) is 19.3. The van der Waals surface area contributed by atoms with Crippen LogP contribution in [0.3, 0.4) is 0 Å². The van der Waals surface area contributed by atoms with Gasteiger partial charge in [-0.3, -0.25) is 4.68 Å². The van der Waals surface area contributed by atoms with Gasteiger partial charge in [-0.15, -0.1) is 0 Å². The molecule has 0 aromatic carbocycles. The summed E-state index contributed by atoms with van der Waals surface area (Å²) in [6, 6.07) is 1.73. The van der Waals surface area contributed by atoms with Crippen molar-refractivity contribution in [2.45, 2.75) is 0 Å². The van der Waals surface area contributed by atoms with Crippen molar-refractivity contribution >= 4 is 23.2 Å². The van der Waals surface area contributed by atoms with E-state index in [0.29, 0.717) is 11.4 Å². The van der Waals surface area contributed by atoms with Gasteiger partial charge in [0.1, 0.15) is 5.71 Å². The second-order valence-electron chi connectivity index (χ2n) is 3.57. The van der Waals surface area contributed by atoms with Crippen LogP contribution in [0.1, 0.15) is 5.69 Å². The van der Waals surface area contributed by atoms with Crippen LogP contribution in [0.4, 0.5) is 0 Å². The molecule has 8 heteroatoms. The molecule has 7 nitrogen and oxygen atoms in total. The predicted octanol–water partition coefficient (Wildman–Crippen LogP) is -0.210. The molecule has 96 valence electrons. The van der Waals surface area contributed by atoms with Gasteiger partial charge < -0.3 is 9.29 Å². The van der Waals surface area contributed by atoms with Crippen molar-refractivity contribution in [2.75, 3.05) is 14.2 Å². The Morgan fingerprint density at radius 3 is 2.78 bits per heavy atom. The lowest BCUT2D eigenvalue weighted by Gasteiger charge is -2.22. The van der Waals surface area contributed by atoms with Crippen LogP contribution in [-0.4, -0.2) is 44.5 Å². The lowest BCUT2D eigenvalue weighted by molar-refractivity contribution is -0.137. The van der Waals surface area contributed by atoms with Crippen LogP contribution >= 0.6 is 0 Å². The number of methoxy groups -OCH3 is 1. The van der Waals surface area contributed by atoms with Gasteiger partial charge in [0.2, 0.25) is 11.5 Å². The molecule has 1 atom stereocenters. The summed E-state index contributed by atoms with van der Waals surface area (Å²) in [7, 11) is 4.53. The monoisotopic (exact) mass is 268 g/mol. The Balaban J connectivity index is 2.44. The van der Waals surface area contributed by atoms with Crippen molar-refractivity contribution in [3.05, 3.63) is 29.7 Å². The van der Waals surface area contributed by atoms with E-state index in [1.807, 2.05) is 0 Å². The topological polar surface area (TPSA) is 82.8 Å². The van der Waals surface area contributed by atoms with Gasteiger partial charge in [0.15, 0.2) is 5.70 Å². The maximum atomic E-state index is 11.8. The van der Waals surface area contributed by atoms with Crippen molar-refractivity contribution < 1.29 is 14.1 Å². The molecular weight excluding hydrogens is 256 g/mol. The van der Waals surface area contributed by atoms with E-state index in [0.717, 1.165) is 0 Å². The molecule has 0 amide bonds. The molecule has 0 N–H and O–H groups in total. The molecule has 1 unspecified atom stereocenters. The summed E-state index contributed by atoms with van der Waals surface area (Å²) in [6.45, 7) is 0. The van der Waals surface area contributed by atoms with Crippen molar-refractivity contribution in [2.24, 2.45) is 11.4 Å². The number of ether oxygens (including phenoxy) is 1. The number of carbonyl (C=O) groups is 1. The van der Waals surface area contributed by atoms with Crippen molar-refractivity contribution in [1.29, 1.82) is 0 Å². The molecule has 2 heterocycles. The molecule has 0 radical (unpaired) electrons. The minimum Gasteiger partial charge on any atom is -0.566 e. The zero-order valence-corrected chi connectivity index (χ0v) is 11.0. The minimum atomic E-state index is -1.65. The first-order valence-corrected chi connectivity index (χ1v) is 6.13. The molecule has 2 rings (SSSR count). The molecule has 0 saturated carbocycles. The number of aromatic nitrogens is 2. The molecule has 0 aliphatic carbocycles. The van der Waals surface area contributed by atoms with E-state index in [1.165, 1.54) is 24.5 Å². The lowest BCUT2D eigenvalue weighted by atomic mass is 10.2. The molecular formula is C10H12N4O3S. The average Bonchev–Trinajstić information content (AvgIpc) is 2.78. The number of hydrogen-bond donors (Lipinski definition) is 0. The smallest absolute Gasteiger partial charge is 0.359 e. The average molecular weight is 268 g/mol. The van der Waals surface area contributed by atoms with Crippen molar-refractivity contribution in [3.63, 3.8) is 0 Å². The van der Waals surface area contributed by atoms with Gasteiger partial charge in [0.25, 0.3) is 0 Å². The maximum Gasteiger partial charge on any atom is 0.359 e. The summed E-state index contributed by atoms with van der Waals surface area (Å²) < 4.78 is 23.3. The van der Waals surface area contributed by atoms with Crippen LogP contribution < -0.4 is 0 Å². The Kier molecular flexibility index (Phi) is 3.39. The summed E-state index contributed by atoms with van der Waals surface area (Å²) in [6.07, 6.45) is 3.13. The van der Waals surface area contributed by atoms with Crippen LogP contribution in [0.5, 0.6) is 0 Å². The summed E-state index contributed by atoms with van der Waals surface area (Å²) in [5.74, 6) is -0.555. The first kappa shape index (κ1) is 12.7. The van der Waals surface area contributed by atoms with E-state index in [1.54, 1.807) is 24.0 Å². The van der Waals surface area contributed by atoms with Crippen LogP contribution in [0.2, 0.25) is 0 Å². The van der Waals surface area contributed by atoms with Gasteiger partial charge in [-0.05, 0) is 10.5 Å². The number of nitrogens with zero attached hydrogens (tertiary/aromatic N) is 4. The number of aryl methyl sites for hydroxylation is 1. The number of esters is 1. The van der Waals surface area contributed by atoms with E-state index in [9.17, 15) is 9.35 Å². The van der Waals surface area contributed by atoms with Crippen LogP contribution in [0.25, 0.3) is 0 Å². The fourth-order valence-electron chi connectivity index (χ4n) is 1.51. The molecule has 1 aromatic heterocycles. The van der Waals surface area contributed by atoms with Gasteiger partial charge in [-0.2, -0.15) is 9.40 Å². The third kappa shape index (κ3) is 2.12. The molecule has 0 spiro atoms. The zero-order chi connectivity index (χ0) is 13.3. The Morgan fingerprint density at radius 1 is 1.50 bits per heavy atom. The molecule has 0 bridgehead atoms. The number of likely N-dealkylation sites (N-methyl/N-ethyl adjacent to an activating group) is 1. The van der Waals surface area contributed by atoms with E-state index < -0.39 is 17.5 Å². The van der Waals surface area contributed by atoms with Gasteiger partial charge in [0.05, 0.1) is 19.9 Å². The highest BCUT2D eigenvalue weighted by atomic mass is 32.2.